The fourth-order valence-corrected chi connectivity index (χ4v) is 3.75. The number of nitro groups is 1. The Labute approximate surface area is 145 Å². The van der Waals surface area contributed by atoms with Crippen molar-refractivity contribution in [1.29, 1.82) is 0 Å². The second-order valence-corrected chi connectivity index (χ2v) is 8.44. The van der Waals surface area contributed by atoms with Crippen LogP contribution < -0.4 is 10.0 Å². The predicted octanol–water partition coefficient (Wildman–Crippen LogP) is 4.72. The van der Waals surface area contributed by atoms with E-state index in [4.69, 9.17) is 16.3 Å². The lowest BCUT2D eigenvalue weighted by Gasteiger charge is -2.13. The minimum Gasteiger partial charge on any atom is -0.456 e. The minimum absolute atomic E-state index is 0.115. The highest BCUT2D eigenvalue weighted by Crippen LogP contribution is 2.43. The van der Waals surface area contributed by atoms with Crippen molar-refractivity contribution in [2.75, 3.05) is 6.16 Å². The van der Waals surface area contributed by atoms with Crippen molar-refractivity contribution in [3.63, 3.8) is 0 Å². The topological polar surface area (TPSA) is 89.7 Å². The van der Waals surface area contributed by atoms with E-state index < -0.39 is 18.0 Å². The quantitative estimate of drug-likeness (QED) is 0.429. The molecule has 1 unspecified atom stereocenters. The van der Waals surface area contributed by atoms with Gasteiger partial charge in [0, 0.05) is 22.8 Å². The summed E-state index contributed by atoms with van der Waals surface area (Å²) in [5, 5.41) is 11.1. The molecule has 2 rings (SSSR count). The molecule has 0 bridgehead atoms. The Kier molecular flexibility index (Phi) is 5.47. The molecule has 0 aliphatic heterocycles. The molecule has 0 saturated heterocycles. The summed E-state index contributed by atoms with van der Waals surface area (Å²) < 4.78 is 18.5. The van der Waals surface area contributed by atoms with Crippen LogP contribution in [0.1, 0.15) is 6.92 Å². The van der Waals surface area contributed by atoms with Gasteiger partial charge in [-0.15, -0.1) is 0 Å². The first-order valence-corrected chi connectivity index (χ1v) is 9.50. The maximum absolute atomic E-state index is 12.2. The Morgan fingerprint density at radius 3 is 2.61 bits per heavy atom. The van der Waals surface area contributed by atoms with Crippen LogP contribution in [0.15, 0.2) is 40.9 Å². The lowest BCUT2D eigenvalue weighted by Crippen LogP contribution is -2.12. The van der Waals surface area contributed by atoms with E-state index in [2.05, 4.69) is 15.9 Å². The van der Waals surface area contributed by atoms with Gasteiger partial charge in [0.1, 0.15) is 16.8 Å². The average Bonchev–Trinajstić information content (AvgIpc) is 2.49. The number of halogens is 2. The highest BCUT2D eigenvalue weighted by Gasteiger charge is 2.29. The number of benzene rings is 2. The van der Waals surface area contributed by atoms with Gasteiger partial charge in [-0.25, -0.2) is 0 Å². The van der Waals surface area contributed by atoms with Gasteiger partial charge in [0.25, 0.3) is 5.69 Å². The monoisotopic (exact) mass is 419 g/mol. The fourth-order valence-electron chi connectivity index (χ4n) is 1.86. The summed E-state index contributed by atoms with van der Waals surface area (Å²) in [4.78, 5) is 20.3. The van der Waals surface area contributed by atoms with E-state index in [0.29, 0.717) is 10.8 Å². The van der Waals surface area contributed by atoms with Gasteiger partial charge in [0.15, 0.2) is 0 Å². The lowest BCUT2D eigenvalue weighted by molar-refractivity contribution is -0.383. The fraction of sp³-hybridized carbons (Fsp3) is 0.143. The Balaban J connectivity index is 2.47. The molecule has 0 heterocycles. The van der Waals surface area contributed by atoms with Gasteiger partial charge in [-0.3, -0.25) is 14.7 Å². The third kappa shape index (κ3) is 4.12. The first kappa shape index (κ1) is 17.9. The maximum atomic E-state index is 12.2. The molecule has 0 aliphatic carbocycles. The summed E-state index contributed by atoms with van der Waals surface area (Å²) in [6.07, 6.45) is -0.115. The second-order valence-electron chi connectivity index (χ2n) is 4.60. The SMILES string of the molecule is CCP(=O)(O)c1cc(Oc2ccc(Br)cc2Cl)ccc1[N+](=O)[O-]. The molecule has 0 radical (unpaired) electrons. The predicted molar refractivity (Wildman–Crippen MR) is 92.3 cm³/mol. The van der Waals surface area contributed by atoms with Crippen LogP contribution in [-0.4, -0.2) is 16.0 Å². The highest BCUT2D eigenvalue weighted by molar-refractivity contribution is 9.10. The van der Waals surface area contributed by atoms with Gasteiger partial charge >= 0.3 is 0 Å². The molecular formula is C14H12BrClNO5P. The van der Waals surface area contributed by atoms with E-state index in [0.717, 1.165) is 10.5 Å². The zero-order chi connectivity index (χ0) is 17.2. The molecule has 0 spiro atoms. The lowest BCUT2D eigenvalue weighted by atomic mass is 10.3. The number of nitrogens with zero attached hydrogens (tertiary/aromatic N) is 1. The molecule has 122 valence electrons. The first-order valence-electron chi connectivity index (χ1n) is 6.48. The normalized spacial score (nSPS) is 13.4. The van der Waals surface area contributed by atoms with E-state index in [1.165, 1.54) is 19.1 Å². The van der Waals surface area contributed by atoms with Crippen LogP contribution >= 0.6 is 34.9 Å². The van der Waals surface area contributed by atoms with Gasteiger partial charge in [-0.2, -0.15) is 0 Å². The summed E-state index contributed by atoms with van der Waals surface area (Å²) in [6, 6.07) is 8.68. The van der Waals surface area contributed by atoms with Crippen molar-refractivity contribution in [2.45, 2.75) is 6.92 Å². The summed E-state index contributed by atoms with van der Waals surface area (Å²) in [5.41, 5.74) is -0.410. The van der Waals surface area contributed by atoms with Crippen LogP contribution in [0.25, 0.3) is 0 Å². The molecule has 0 aromatic heterocycles. The van der Waals surface area contributed by atoms with Crippen LogP contribution in [0.4, 0.5) is 5.69 Å². The standard InChI is InChI=1S/C14H12BrClNO5P/c1-2-23(20,21)14-8-10(4-5-12(14)17(18)19)22-13-6-3-9(15)7-11(13)16/h3-8H,2H2,1H3,(H,20,21). The van der Waals surface area contributed by atoms with Crippen molar-refractivity contribution in [3.8, 4) is 11.5 Å². The molecule has 6 nitrogen and oxygen atoms in total. The Hall–Kier alpha value is -1.40. The third-order valence-electron chi connectivity index (χ3n) is 3.07. The molecular weight excluding hydrogens is 408 g/mol. The van der Waals surface area contributed by atoms with Crippen LogP contribution in [0.3, 0.4) is 0 Å². The molecule has 0 aliphatic rings. The van der Waals surface area contributed by atoms with E-state index in [1.807, 2.05) is 0 Å². The van der Waals surface area contributed by atoms with Gasteiger partial charge in [-0.1, -0.05) is 34.5 Å². The van der Waals surface area contributed by atoms with Gasteiger partial charge in [0.2, 0.25) is 7.37 Å². The number of hydrogen-bond acceptors (Lipinski definition) is 4. The summed E-state index contributed by atoms with van der Waals surface area (Å²) in [7, 11) is -3.83. The molecule has 0 fully saturated rings. The van der Waals surface area contributed by atoms with Crippen molar-refractivity contribution in [1.82, 2.24) is 0 Å². The van der Waals surface area contributed by atoms with Crippen molar-refractivity contribution < 1.29 is 19.1 Å². The van der Waals surface area contributed by atoms with Crippen molar-refractivity contribution >= 4 is 45.9 Å². The number of rotatable bonds is 5. The number of ether oxygens (including phenoxy) is 1. The van der Waals surface area contributed by atoms with Gasteiger partial charge in [-0.05, 0) is 24.3 Å². The summed E-state index contributed by atoms with van der Waals surface area (Å²) in [6.45, 7) is 1.49. The molecule has 2 aromatic carbocycles. The van der Waals surface area contributed by atoms with Gasteiger partial charge in [0.05, 0.1) is 9.95 Å². The average molecular weight is 421 g/mol. The third-order valence-corrected chi connectivity index (χ3v) is 5.83. The molecule has 9 heteroatoms. The van der Waals surface area contributed by atoms with E-state index >= 15 is 0 Å². The van der Waals surface area contributed by atoms with Crippen LogP contribution in [0.2, 0.25) is 5.02 Å². The second kappa shape index (κ2) is 7.01. The molecule has 2 aromatic rings. The Morgan fingerprint density at radius 2 is 2.04 bits per heavy atom. The van der Waals surface area contributed by atoms with E-state index in [-0.39, 0.29) is 17.2 Å². The molecule has 1 N–H and O–H groups in total. The molecule has 0 saturated carbocycles. The maximum Gasteiger partial charge on any atom is 0.282 e. The molecule has 23 heavy (non-hydrogen) atoms. The highest BCUT2D eigenvalue weighted by atomic mass is 79.9. The van der Waals surface area contributed by atoms with Crippen molar-refractivity contribution in [3.05, 3.63) is 56.0 Å². The van der Waals surface area contributed by atoms with Crippen LogP contribution in [0.5, 0.6) is 11.5 Å². The molecule has 0 amide bonds. The summed E-state index contributed by atoms with van der Waals surface area (Å²) >= 11 is 9.32. The van der Waals surface area contributed by atoms with Gasteiger partial charge < -0.3 is 9.63 Å². The van der Waals surface area contributed by atoms with Crippen molar-refractivity contribution in [2.24, 2.45) is 0 Å². The minimum atomic E-state index is -3.83. The number of hydrogen-bond donors (Lipinski definition) is 1. The van der Waals surface area contributed by atoms with E-state index in [1.54, 1.807) is 18.2 Å². The van der Waals surface area contributed by atoms with Crippen LogP contribution in [-0.2, 0) is 4.57 Å². The summed E-state index contributed by atoms with van der Waals surface area (Å²) in [5.74, 6) is 0.525. The number of nitro benzene ring substituents is 1. The van der Waals surface area contributed by atoms with Crippen LogP contribution in [0, 0.1) is 10.1 Å². The zero-order valence-corrected chi connectivity index (χ0v) is 15.1. The Bertz CT molecular complexity index is 814. The first-order chi connectivity index (χ1) is 10.7. The zero-order valence-electron chi connectivity index (χ0n) is 11.9. The smallest absolute Gasteiger partial charge is 0.282 e. The molecule has 1 atom stereocenters. The Morgan fingerprint density at radius 1 is 1.35 bits per heavy atom. The van der Waals surface area contributed by atoms with E-state index in [9.17, 15) is 19.6 Å². The largest absolute Gasteiger partial charge is 0.456 e.